The molecule has 0 atom stereocenters. The summed E-state index contributed by atoms with van der Waals surface area (Å²) in [6.07, 6.45) is 2.70. The number of carbonyl (C=O) groups is 2. The Labute approximate surface area is 199 Å². The Morgan fingerprint density at radius 1 is 1.03 bits per heavy atom. The Bertz CT molecular complexity index is 1130. The van der Waals surface area contributed by atoms with Gasteiger partial charge in [0.05, 0.1) is 11.5 Å². The fraction of sp³-hybridized carbons (Fsp3) is 0.296. The fourth-order valence-electron chi connectivity index (χ4n) is 3.26. The van der Waals surface area contributed by atoms with Gasteiger partial charge in [0.2, 0.25) is 0 Å². The third kappa shape index (κ3) is 5.82. The van der Waals surface area contributed by atoms with Crippen molar-refractivity contribution in [3.05, 3.63) is 87.0 Å². The average Bonchev–Trinajstić information content (AvgIpc) is 3.08. The van der Waals surface area contributed by atoms with Crippen molar-refractivity contribution in [3.63, 3.8) is 0 Å². The van der Waals surface area contributed by atoms with E-state index >= 15 is 0 Å². The highest BCUT2D eigenvalue weighted by Crippen LogP contribution is 2.39. The number of aliphatic hydroxyl groups is 1. The number of aliphatic imine (C=N–C) groups is 1. The van der Waals surface area contributed by atoms with E-state index in [-0.39, 0.29) is 28.4 Å². The third-order valence-corrected chi connectivity index (χ3v) is 6.28. The number of aliphatic hydroxyl groups excluding tert-OH is 1. The summed E-state index contributed by atoms with van der Waals surface area (Å²) >= 11 is 1.08. The molecule has 1 N–H and O–H groups in total. The minimum atomic E-state index is -0.707. The van der Waals surface area contributed by atoms with Gasteiger partial charge in [-0.3, -0.25) is 4.79 Å². The standard InChI is InChI=1S/C27H29NO4S/c1-6-17-8-10-18(11-9-17)16-21-23(29)22(26(31)32-7-2)25(33-21)28-24(30)19-12-14-20(15-13-19)27(3,4)5/h8-16,29H,6-7H2,1-5H3. The first-order valence-electron chi connectivity index (χ1n) is 11.0. The molecule has 0 aliphatic carbocycles. The van der Waals surface area contributed by atoms with E-state index in [1.807, 2.05) is 36.4 Å². The van der Waals surface area contributed by atoms with Crippen LogP contribution in [0.1, 0.15) is 61.7 Å². The Morgan fingerprint density at radius 3 is 2.21 bits per heavy atom. The maximum Gasteiger partial charge on any atom is 0.344 e. The van der Waals surface area contributed by atoms with Gasteiger partial charge in [0.25, 0.3) is 5.91 Å². The number of esters is 1. The van der Waals surface area contributed by atoms with Gasteiger partial charge in [-0.25, -0.2) is 9.79 Å². The fourth-order valence-corrected chi connectivity index (χ4v) is 4.27. The minimum absolute atomic E-state index is 0.0323. The van der Waals surface area contributed by atoms with Gasteiger partial charge in [0.1, 0.15) is 16.4 Å². The predicted molar refractivity (Wildman–Crippen MR) is 135 cm³/mol. The molecule has 0 bridgehead atoms. The molecule has 1 heterocycles. The Morgan fingerprint density at radius 2 is 1.67 bits per heavy atom. The van der Waals surface area contributed by atoms with Crippen LogP contribution in [0.2, 0.25) is 0 Å². The highest BCUT2D eigenvalue weighted by atomic mass is 32.2. The van der Waals surface area contributed by atoms with Crippen LogP contribution in [0.25, 0.3) is 6.08 Å². The maximum atomic E-state index is 12.9. The number of hydrogen-bond acceptors (Lipinski definition) is 5. The smallest absolute Gasteiger partial charge is 0.344 e. The molecule has 0 unspecified atom stereocenters. The number of aryl methyl sites for hydroxylation is 1. The number of amides is 1. The molecule has 1 aliphatic rings. The van der Waals surface area contributed by atoms with Crippen LogP contribution in [0, 0.1) is 0 Å². The Hall–Kier alpha value is -3.12. The summed E-state index contributed by atoms with van der Waals surface area (Å²) in [5.41, 5.74) is 3.47. The molecule has 5 nitrogen and oxygen atoms in total. The number of nitrogens with zero attached hydrogens (tertiary/aromatic N) is 1. The Balaban J connectivity index is 1.95. The quantitative estimate of drug-likeness (QED) is 0.531. The van der Waals surface area contributed by atoms with Crippen LogP contribution >= 0.6 is 11.8 Å². The monoisotopic (exact) mass is 463 g/mol. The van der Waals surface area contributed by atoms with Crippen LogP contribution in [0.4, 0.5) is 0 Å². The van der Waals surface area contributed by atoms with Gasteiger partial charge >= 0.3 is 5.97 Å². The molecule has 6 heteroatoms. The molecule has 1 amide bonds. The number of ether oxygens (including phenoxy) is 1. The number of benzene rings is 2. The molecule has 2 aromatic carbocycles. The summed E-state index contributed by atoms with van der Waals surface area (Å²) < 4.78 is 5.11. The first-order chi connectivity index (χ1) is 15.6. The molecule has 0 radical (unpaired) electrons. The van der Waals surface area contributed by atoms with Crippen molar-refractivity contribution < 1.29 is 19.4 Å². The zero-order chi connectivity index (χ0) is 24.2. The molecular formula is C27H29NO4S. The van der Waals surface area contributed by atoms with Crippen molar-refractivity contribution in [2.75, 3.05) is 6.61 Å². The van der Waals surface area contributed by atoms with Gasteiger partial charge in [-0.2, -0.15) is 0 Å². The number of carbonyl (C=O) groups excluding carboxylic acids is 2. The van der Waals surface area contributed by atoms with E-state index in [0.717, 1.165) is 29.3 Å². The van der Waals surface area contributed by atoms with E-state index < -0.39 is 11.9 Å². The molecule has 33 heavy (non-hydrogen) atoms. The molecule has 0 saturated carbocycles. The summed E-state index contributed by atoms with van der Waals surface area (Å²) in [6.45, 7) is 10.2. The molecular weight excluding hydrogens is 434 g/mol. The van der Waals surface area contributed by atoms with Crippen molar-refractivity contribution >= 4 is 34.8 Å². The van der Waals surface area contributed by atoms with Crippen LogP contribution in [-0.4, -0.2) is 28.6 Å². The SMILES string of the molecule is CCOC(=O)C1=C(O)C(=Cc2ccc(CC)cc2)SC1=NC(=O)c1ccc(C(C)(C)C)cc1. The lowest BCUT2D eigenvalue weighted by molar-refractivity contribution is -0.138. The zero-order valence-corrected chi connectivity index (χ0v) is 20.5. The van der Waals surface area contributed by atoms with Gasteiger partial charge in [-0.15, -0.1) is 0 Å². The summed E-state index contributed by atoms with van der Waals surface area (Å²) in [6, 6.07) is 15.2. The van der Waals surface area contributed by atoms with Crippen molar-refractivity contribution in [1.29, 1.82) is 0 Å². The number of hydrogen-bond donors (Lipinski definition) is 1. The minimum Gasteiger partial charge on any atom is -0.506 e. The molecule has 172 valence electrons. The molecule has 1 aliphatic heterocycles. The first-order valence-corrected chi connectivity index (χ1v) is 11.8. The molecule has 0 spiro atoms. The Kier molecular flexibility index (Phi) is 7.59. The maximum absolute atomic E-state index is 12.9. The van der Waals surface area contributed by atoms with Crippen LogP contribution < -0.4 is 0 Å². The van der Waals surface area contributed by atoms with E-state index in [0.29, 0.717) is 10.5 Å². The second-order valence-corrected chi connectivity index (χ2v) is 9.73. The van der Waals surface area contributed by atoms with Gasteiger partial charge in [0, 0.05) is 5.56 Å². The number of rotatable bonds is 5. The van der Waals surface area contributed by atoms with E-state index in [2.05, 4.69) is 32.7 Å². The van der Waals surface area contributed by atoms with Crippen LogP contribution in [0.5, 0.6) is 0 Å². The zero-order valence-electron chi connectivity index (χ0n) is 19.6. The molecule has 0 fully saturated rings. The van der Waals surface area contributed by atoms with E-state index in [1.54, 1.807) is 25.1 Å². The van der Waals surface area contributed by atoms with E-state index in [1.165, 1.54) is 5.56 Å². The van der Waals surface area contributed by atoms with Crippen LogP contribution in [-0.2, 0) is 21.4 Å². The summed E-state index contributed by atoms with van der Waals surface area (Å²) in [5, 5.41) is 10.9. The van der Waals surface area contributed by atoms with E-state index in [4.69, 9.17) is 4.74 Å². The molecule has 0 aromatic heterocycles. The van der Waals surface area contributed by atoms with E-state index in [9.17, 15) is 14.7 Å². The lowest BCUT2D eigenvalue weighted by Crippen LogP contribution is -2.14. The normalized spacial score (nSPS) is 16.5. The third-order valence-electron chi connectivity index (χ3n) is 5.26. The topological polar surface area (TPSA) is 76.0 Å². The number of thioether (sulfide) groups is 1. The highest BCUT2D eigenvalue weighted by molar-refractivity contribution is 8.18. The first kappa shape index (κ1) is 24.5. The molecule has 3 rings (SSSR count). The predicted octanol–water partition coefficient (Wildman–Crippen LogP) is 6.25. The largest absolute Gasteiger partial charge is 0.506 e. The second kappa shape index (κ2) is 10.2. The van der Waals surface area contributed by atoms with Crippen LogP contribution in [0.3, 0.4) is 0 Å². The van der Waals surface area contributed by atoms with Crippen molar-refractivity contribution in [1.82, 2.24) is 0 Å². The van der Waals surface area contributed by atoms with Gasteiger partial charge in [-0.05, 0) is 53.7 Å². The lowest BCUT2D eigenvalue weighted by Gasteiger charge is -2.18. The van der Waals surface area contributed by atoms with Gasteiger partial charge < -0.3 is 9.84 Å². The van der Waals surface area contributed by atoms with Crippen molar-refractivity contribution in [3.8, 4) is 0 Å². The summed E-state index contributed by atoms with van der Waals surface area (Å²) in [5.74, 6) is -1.42. The van der Waals surface area contributed by atoms with Crippen molar-refractivity contribution in [2.45, 2.75) is 46.5 Å². The van der Waals surface area contributed by atoms with Gasteiger partial charge in [-0.1, -0.05) is 75.9 Å². The average molecular weight is 464 g/mol. The lowest BCUT2D eigenvalue weighted by atomic mass is 9.87. The summed E-state index contributed by atoms with van der Waals surface area (Å²) in [7, 11) is 0. The summed E-state index contributed by atoms with van der Waals surface area (Å²) in [4.78, 5) is 30.0. The van der Waals surface area contributed by atoms with Gasteiger partial charge in [0.15, 0.2) is 0 Å². The molecule has 2 aromatic rings. The second-order valence-electron chi connectivity index (χ2n) is 8.70. The van der Waals surface area contributed by atoms with Crippen molar-refractivity contribution in [2.24, 2.45) is 4.99 Å². The highest BCUT2D eigenvalue weighted by Gasteiger charge is 2.34. The molecule has 0 saturated heterocycles. The van der Waals surface area contributed by atoms with Crippen LogP contribution in [0.15, 0.2) is 69.8 Å².